The molecule has 0 fully saturated rings. The van der Waals surface area contributed by atoms with Gasteiger partial charge in [-0.05, 0) is 24.6 Å². The van der Waals surface area contributed by atoms with Gasteiger partial charge in [-0.25, -0.2) is 0 Å². The molecular formula is C13H11Cl2F3N2O. The molecule has 0 amide bonds. The molecule has 114 valence electrons. The summed E-state index contributed by atoms with van der Waals surface area (Å²) in [5.41, 5.74) is -0.676. The molecule has 0 N–H and O–H groups in total. The van der Waals surface area contributed by atoms with Crippen LogP contribution in [0.2, 0.25) is 10.0 Å². The Bertz CT molecular complexity index is 641. The SMILES string of the molecule is CCCOc1c(C(F)(F)F)cnn1-c1ccc(Cl)cc1Cl. The fourth-order valence-electron chi connectivity index (χ4n) is 1.69. The van der Waals surface area contributed by atoms with Crippen LogP contribution in [0.3, 0.4) is 0 Å². The van der Waals surface area contributed by atoms with E-state index < -0.39 is 11.7 Å². The molecule has 0 unspecified atom stereocenters. The summed E-state index contributed by atoms with van der Waals surface area (Å²) in [7, 11) is 0. The highest BCUT2D eigenvalue weighted by Crippen LogP contribution is 2.38. The molecule has 0 spiro atoms. The molecule has 1 aromatic heterocycles. The second-order valence-corrected chi connectivity index (χ2v) is 5.06. The van der Waals surface area contributed by atoms with Crippen molar-refractivity contribution in [2.24, 2.45) is 0 Å². The largest absolute Gasteiger partial charge is 0.477 e. The molecule has 2 aromatic rings. The number of alkyl halides is 3. The first-order chi connectivity index (χ1) is 9.84. The Kier molecular flexibility index (Phi) is 4.68. The van der Waals surface area contributed by atoms with Crippen LogP contribution in [0, 0.1) is 0 Å². The molecule has 0 aliphatic rings. The molecule has 1 heterocycles. The first kappa shape index (κ1) is 16.0. The Morgan fingerprint density at radius 3 is 2.57 bits per heavy atom. The van der Waals surface area contributed by atoms with Crippen molar-refractivity contribution in [2.75, 3.05) is 6.61 Å². The monoisotopic (exact) mass is 338 g/mol. The van der Waals surface area contributed by atoms with Gasteiger partial charge in [-0.15, -0.1) is 0 Å². The van der Waals surface area contributed by atoms with E-state index >= 15 is 0 Å². The van der Waals surface area contributed by atoms with Crippen molar-refractivity contribution in [3.8, 4) is 11.6 Å². The van der Waals surface area contributed by atoms with Crippen LogP contribution in [-0.4, -0.2) is 16.4 Å². The van der Waals surface area contributed by atoms with Crippen LogP contribution in [0.4, 0.5) is 13.2 Å². The van der Waals surface area contributed by atoms with E-state index in [0.717, 1.165) is 10.9 Å². The molecule has 0 radical (unpaired) electrons. The summed E-state index contributed by atoms with van der Waals surface area (Å²) < 4.78 is 45.2. The van der Waals surface area contributed by atoms with Crippen LogP contribution in [0.1, 0.15) is 18.9 Å². The first-order valence-corrected chi connectivity index (χ1v) is 6.83. The summed E-state index contributed by atoms with van der Waals surface area (Å²) in [6.45, 7) is 1.93. The maximum atomic E-state index is 13.0. The standard InChI is InChI=1S/C13H11Cl2F3N2O/c1-2-5-21-12-9(13(16,17)18)7-19-20(12)11-4-3-8(14)6-10(11)15/h3-4,6-7H,2,5H2,1H3. The van der Waals surface area contributed by atoms with E-state index in [2.05, 4.69) is 5.10 Å². The average molecular weight is 339 g/mol. The van der Waals surface area contributed by atoms with E-state index in [0.29, 0.717) is 11.4 Å². The molecule has 8 heteroatoms. The van der Waals surface area contributed by atoms with E-state index in [9.17, 15) is 13.2 Å². The molecule has 0 saturated heterocycles. The molecule has 2 rings (SSSR count). The molecule has 3 nitrogen and oxygen atoms in total. The van der Waals surface area contributed by atoms with Crippen molar-refractivity contribution >= 4 is 23.2 Å². The van der Waals surface area contributed by atoms with E-state index in [-0.39, 0.29) is 23.2 Å². The summed E-state index contributed by atoms with van der Waals surface area (Å²) in [6.07, 6.45) is -3.27. The van der Waals surface area contributed by atoms with Gasteiger partial charge in [0.15, 0.2) is 0 Å². The quantitative estimate of drug-likeness (QED) is 0.785. The average Bonchev–Trinajstić information content (AvgIpc) is 2.79. The second kappa shape index (κ2) is 6.15. The Morgan fingerprint density at radius 2 is 2.00 bits per heavy atom. The van der Waals surface area contributed by atoms with Gasteiger partial charge < -0.3 is 4.74 Å². The van der Waals surface area contributed by atoms with E-state index in [1.54, 1.807) is 6.92 Å². The minimum Gasteiger partial charge on any atom is -0.477 e. The zero-order chi connectivity index (χ0) is 15.6. The van der Waals surface area contributed by atoms with Crippen molar-refractivity contribution in [3.05, 3.63) is 40.0 Å². The lowest BCUT2D eigenvalue weighted by atomic mass is 10.3. The molecule has 0 bridgehead atoms. The molecule has 21 heavy (non-hydrogen) atoms. The first-order valence-electron chi connectivity index (χ1n) is 6.08. The van der Waals surface area contributed by atoms with E-state index in [1.807, 2.05) is 0 Å². The normalized spacial score (nSPS) is 11.7. The van der Waals surface area contributed by atoms with Gasteiger partial charge in [-0.3, -0.25) is 0 Å². The summed E-state index contributed by atoms with van der Waals surface area (Å²) >= 11 is 11.8. The lowest BCUT2D eigenvalue weighted by Crippen LogP contribution is -2.10. The Balaban J connectivity index is 2.55. The van der Waals surface area contributed by atoms with Gasteiger partial charge in [-0.1, -0.05) is 30.1 Å². The highest BCUT2D eigenvalue weighted by Gasteiger charge is 2.38. The van der Waals surface area contributed by atoms with Gasteiger partial charge in [-0.2, -0.15) is 23.0 Å². The van der Waals surface area contributed by atoms with Gasteiger partial charge in [0.25, 0.3) is 0 Å². The third-order valence-corrected chi connectivity index (χ3v) is 3.15. The van der Waals surface area contributed by atoms with Gasteiger partial charge in [0.2, 0.25) is 5.88 Å². The summed E-state index contributed by atoms with van der Waals surface area (Å²) in [6, 6.07) is 4.43. The number of hydrogen-bond acceptors (Lipinski definition) is 2. The molecule has 0 aliphatic carbocycles. The van der Waals surface area contributed by atoms with Crippen molar-refractivity contribution in [1.29, 1.82) is 0 Å². The van der Waals surface area contributed by atoms with Gasteiger partial charge >= 0.3 is 6.18 Å². The molecular weight excluding hydrogens is 328 g/mol. The van der Waals surface area contributed by atoms with Crippen molar-refractivity contribution < 1.29 is 17.9 Å². The summed E-state index contributed by atoms with van der Waals surface area (Å²) in [4.78, 5) is 0. The van der Waals surface area contributed by atoms with Crippen LogP contribution in [0.5, 0.6) is 5.88 Å². The molecule has 0 atom stereocenters. The Labute approximate surface area is 129 Å². The van der Waals surface area contributed by atoms with Crippen LogP contribution in [0.25, 0.3) is 5.69 Å². The number of rotatable bonds is 4. The second-order valence-electron chi connectivity index (χ2n) is 4.22. The van der Waals surface area contributed by atoms with E-state index in [1.165, 1.54) is 18.2 Å². The third-order valence-electron chi connectivity index (χ3n) is 2.61. The Hall–Kier alpha value is -1.40. The Morgan fingerprint density at radius 1 is 1.29 bits per heavy atom. The number of ether oxygens (including phenoxy) is 1. The summed E-state index contributed by atoms with van der Waals surface area (Å²) in [5, 5.41) is 4.30. The molecule has 1 aromatic carbocycles. The van der Waals surface area contributed by atoms with Crippen LogP contribution in [0.15, 0.2) is 24.4 Å². The van der Waals surface area contributed by atoms with Crippen molar-refractivity contribution in [3.63, 3.8) is 0 Å². The third kappa shape index (κ3) is 3.44. The van der Waals surface area contributed by atoms with Crippen LogP contribution in [-0.2, 0) is 6.18 Å². The van der Waals surface area contributed by atoms with Gasteiger partial charge in [0.1, 0.15) is 5.56 Å². The number of halogens is 5. The molecule has 0 saturated carbocycles. The smallest absolute Gasteiger partial charge is 0.423 e. The molecule has 0 aliphatic heterocycles. The van der Waals surface area contributed by atoms with Crippen molar-refractivity contribution in [2.45, 2.75) is 19.5 Å². The zero-order valence-electron chi connectivity index (χ0n) is 10.9. The number of hydrogen-bond donors (Lipinski definition) is 0. The van der Waals surface area contributed by atoms with Crippen LogP contribution >= 0.6 is 23.2 Å². The number of benzene rings is 1. The van der Waals surface area contributed by atoms with Gasteiger partial charge in [0, 0.05) is 5.02 Å². The minimum atomic E-state index is -4.56. The van der Waals surface area contributed by atoms with Crippen molar-refractivity contribution in [1.82, 2.24) is 9.78 Å². The fourth-order valence-corrected chi connectivity index (χ4v) is 2.18. The highest BCUT2D eigenvalue weighted by atomic mass is 35.5. The summed E-state index contributed by atoms with van der Waals surface area (Å²) in [5.74, 6) is -0.381. The number of nitrogens with zero attached hydrogens (tertiary/aromatic N) is 2. The number of aromatic nitrogens is 2. The zero-order valence-corrected chi connectivity index (χ0v) is 12.4. The maximum absolute atomic E-state index is 13.0. The maximum Gasteiger partial charge on any atom is 0.423 e. The predicted octanol–water partition coefficient (Wildman–Crippen LogP) is 4.99. The lowest BCUT2D eigenvalue weighted by molar-refractivity contribution is -0.139. The predicted molar refractivity (Wildman–Crippen MR) is 74.4 cm³/mol. The topological polar surface area (TPSA) is 27.1 Å². The fraction of sp³-hybridized carbons (Fsp3) is 0.308. The highest BCUT2D eigenvalue weighted by molar-refractivity contribution is 6.35. The van der Waals surface area contributed by atoms with E-state index in [4.69, 9.17) is 27.9 Å². The van der Waals surface area contributed by atoms with Crippen LogP contribution < -0.4 is 4.74 Å². The lowest BCUT2D eigenvalue weighted by Gasteiger charge is -2.13. The van der Waals surface area contributed by atoms with Gasteiger partial charge in [0.05, 0.1) is 23.5 Å². The minimum absolute atomic E-state index is 0.139.